The highest BCUT2D eigenvalue weighted by atomic mass is 79.9. The predicted molar refractivity (Wildman–Crippen MR) is 155 cm³/mol. The van der Waals surface area contributed by atoms with Crippen LogP contribution in [0.1, 0.15) is 12.8 Å². The van der Waals surface area contributed by atoms with Crippen LogP contribution in [-0.4, -0.2) is 90.2 Å². The molecule has 0 radical (unpaired) electrons. The maximum Gasteiger partial charge on any atom is 0.256 e. The molecule has 0 saturated carbocycles. The fraction of sp³-hybridized carbons (Fsp3) is 0.423. The Morgan fingerprint density at radius 2 is 1.83 bits per heavy atom. The van der Waals surface area contributed by atoms with Gasteiger partial charge in [0.1, 0.15) is 6.04 Å². The third-order valence-corrected chi connectivity index (χ3v) is 8.28. The Balaban J connectivity index is 1.48. The van der Waals surface area contributed by atoms with Gasteiger partial charge in [0.2, 0.25) is 5.91 Å². The molecule has 2 aliphatic rings. The molecule has 10 heteroatoms. The van der Waals surface area contributed by atoms with Gasteiger partial charge in [0.05, 0.1) is 12.1 Å². The summed E-state index contributed by atoms with van der Waals surface area (Å²) in [6.45, 7) is 5.81. The van der Waals surface area contributed by atoms with Crippen LogP contribution in [0.5, 0.6) is 0 Å². The molecule has 1 unspecified atom stereocenters. The zero-order chi connectivity index (χ0) is 25.7. The molecule has 2 saturated heterocycles. The summed E-state index contributed by atoms with van der Waals surface area (Å²) in [7, 11) is 2.15. The number of carbonyl (C=O) groups excluding carboxylic acids is 2. The number of rotatable bonds is 9. The van der Waals surface area contributed by atoms with E-state index < -0.39 is 6.04 Å². The van der Waals surface area contributed by atoms with Crippen LogP contribution in [0.4, 0.5) is 11.4 Å². The van der Waals surface area contributed by atoms with Crippen molar-refractivity contribution in [3.63, 3.8) is 0 Å². The highest BCUT2D eigenvalue weighted by molar-refractivity contribution is 9.10. The van der Waals surface area contributed by atoms with E-state index in [1.54, 1.807) is 16.7 Å². The van der Waals surface area contributed by atoms with Crippen LogP contribution in [-0.2, 0) is 9.59 Å². The summed E-state index contributed by atoms with van der Waals surface area (Å²) in [5.74, 6) is -0.355. The van der Waals surface area contributed by atoms with Crippen molar-refractivity contribution in [2.75, 3.05) is 62.8 Å². The van der Waals surface area contributed by atoms with Crippen LogP contribution in [0.15, 0.2) is 57.9 Å². The molecule has 2 heterocycles. The molecule has 1 N–H and O–H groups in total. The van der Waals surface area contributed by atoms with Gasteiger partial charge in [0, 0.05) is 47.8 Å². The SMILES string of the molecule is CSc1cccc(N2C(=O)C(CC(=O)Nc3ccc(Br)cc3)N(CCCN3CCN(C)CC3)C2=S)c1. The molecule has 1 atom stereocenters. The van der Waals surface area contributed by atoms with Crippen LogP contribution in [0.2, 0.25) is 0 Å². The highest BCUT2D eigenvalue weighted by Crippen LogP contribution is 2.30. The number of benzene rings is 2. The molecule has 2 aromatic rings. The van der Waals surface area contributed by atoms with Crippen molar-refractivity contribution < 1.29 is 9.59 Å². The number of nitrogens with zero attached hydrogens (tertiary/aromatic N) is 4. The molecular formula is C26H32BrN5O2S2. The molecule has 0 aliphatic carbocycles. The quantitative estimate of drug-likeness (QED) is 0.348. The minimum atomic E-state index is -0.627. The molecule has 2 aliphatic heterocycles. The van der Waals surface area contributed by atoms with E-state index in [1.165, 1.54) is 0 Å². The first-order valence-electron chi connectivity index (χ1n) is 12.1. The van der Waals surface area contributed by atoms with E-state index in [0.717, 1.165) is 54.2 Å². The van der Waals surface area contributed by atoms with Gasteiger partial charge in [-0.15, -0.1) is 11.8 Å². The number of piperazine rings is 1. The Morgan fingerprint density at radius 1 is 1.11 bits per heavy atom. The number of likely N-dealkylation sites (N-methyl/N-ethyl adjacent to an activating group) is 1. The van der Waals surface area contributed by atoms with Gasteiger partial charge in [-0.2, -0.15) is 0 Å². The Hall–Kier alpha value is -1.98. The summed E-state index contributed by atoms with van der Waals surface area (Å²) in [5.41, 5.74) is 1.44. The lowest BCUT2D eigenvalue weighted by atomic mass is 10.1. The zero-order valence-corrected chi connectivity index (χ0v) is 23.9. The normalized spacial score (nSPS) is 19.2. The Labute approximate surface area is 231 Å². The monoisotopic (exact) mass is 589 g/mol. The van der Waals surface area contributed by atoms with Gasteiger partial charge in [-0.25, -0.2) is 0 Å². The van der Waals surface area contributed by atoms with E-state index in [9.17, 15) is 9.59 Å². The smallest absolute Gasteiger partial charge is 0.256 e. The second-order valence-corrected chi connectivity index (χ2v) is 11.3. The first kappa shape index (κ1) is 27.1. The number of hydrogen-bond acceptors (Lipinski definition) is 6. The summed E-state index contributed by atoms with van der Waals surface area (Å²) in [6, 6.07) is 14.6. The van der Waals surface area contributed by atoms with Gasteiger partial charge in [-0.05, 0) is 81.0 Å². The van der Waals surface area contributed by atoms with Crippen LogP contribution in [0, 0.1) is 0 Å². The number of carbonyl (C=O) groups is 2. The Morgan fingerprint density at radius 3 is 2.53 bits per heavy atom. The maximum absolute atomic E-state index is 13.6. The number of halogens is 1. The van der Waals surface area contributed by atoms with Crippen molar-refractivity contribution in [1.82, 2.24) is 14.7 Å². The van der Waals surface area contributed by atoms with Crippen molar-refractivity contribution in [3.8, 4) is 0 Å². The average Bonchev–Trinajstić information content (AvgIpc) is 3.10. The number of nitrogens with one attached hydrogen (secondary N) is 1. The number of amides is 2. The average molecular weight is 591 g/mol. The van der Waals surface area contributed by atoms with E-state index in [1.807, 2.05) is 59.7 Å². The fourth-order valence-corrected chi connectivity index (χ4v) is 5.66. The van der Waals surface area contributed by atoms with E-state index in [4.69, 9.17) is 12.2 Å². The maximum atomic E-state index is 13.6. The highest BCUT2D eigenvalue weighted by Gasteiger charge is 2.44. The first-order valence-corrected chi connectivity index (χ1v) is 14.5. The van der Waals surface area contributed by atoms with Crippen LogP contribution in [0.25, 0.3) is 0 Å². The van der Waals surface area contributed by atoms with E-state index in [2.05, 4.69) is 38.1 Å². The van der Waals surface area contributed by atoms with Gasteiger partial charge < -0.3 is 20.0 Å². The lowest BCUT2D eigenvalue weighted by Gasteiger charge is -2.33. The minimum Gasteiger partial charge on any atom is -0.336 e. The molecule has 2 amide bonds. The van der Waals surface area contributed by atoms with Crippen molar-refractivity contribution in [3.05, 3.63) is 53.0 Å². The lowest BCUT2D eigenvalue weighted by Crippen LogP contribution is -2.45. The predicted octanol–water partition coefficient (Wildman–Crippen LogP) is 4.14. The molecule has 7 nitrogen and oxygen atoms in total. The molecular weight excluding hydrogens is 558 g/mol. The van der Waals surface area contributed by atoms with Gasteiger partial charge in [0.25, 0.3) is 5.91 Å². The van der Waals surface area contributed by atoms with Gasteiger partial charge >= 0.3 is 0 Å². The summed E-state index contributed by atoms with van der Waals surface area (Å²) >= 11 is 10.9. The summed E-state index contributed by atoms with van der Waals surface area (Å²) < 4.78 is 0.937. The van der Waals surface area contributed by atoms with Crippen LogP contribution >= 0.6 is 39.9 Å². The topological polar surface area (TPSA) is 59.1 Å². The lowest BCUT2D eigenvalue weighted by molar-refractivity contribution is -0.124. The van der Waals surface area contributed by atoms with Crippen LogP contribution in [0.3, 0.4) is 0 Å². The largest absolute Gasteiger partial charge is 0.336 e. The summed E-state index contributed by atoms with van der Waals surface area (Å²) in [5, 5.41) is 3.39. The van der Waals surface area contributed by atoms with Gasteiger partial charge in [-0.1, -0.05) is 22.0 Å². The summed E-state index contributed by atoms with van der Waals surface area (Å²) in [4.78, 5) is 36.0. The molecule has 4 rings (SSSR count). The molecule has 0 spiro atoms. The molecule has 2 aromatic carbocycles. The minimum absolute atomic E-state index is 0.0439. The Bertz CT molecular complexity index is 1090. The first-order chi connectivity index (χ1) is 17.4. The third kappa shape index (κ3) is 6.66. The summed E-state index contributed by atoms with van der Waals surface area (Å²) in [6.07, 6.45) is 2.92. The molecule has 0 bridgehead atoms. The van der Waals surface area contributed by atoms with Gasteiger partial charge in [0.15, 0.2) is 5.11 Å². The standard InChI is InChI=1S/C26H32BrN5O2S2/c1-29-13-15-30(16-14-29)11-4-12-31-23(18-24(33)28-20-9-7-19(27)8-10-20)25(34)32(26(31)35)21-5-3-6-22(17-21)36-2/h3,5-10,17,23H,4,11-16,18H2,1-2H3,(H,28,33). The fourth-order valence-electron chi connectivity index (χ4n) is 4.53. The third-order valence-electron chi connectivity index (χ3n) is 6.61. The Kier molecular flexibility index (Phi) is 9.41. The second kappa shape index (κ2) is 12.5. The number of anilines is 2. The molecule has 0 aromatic heterocycles. The molecule has 192 valence electrons. The van der Waals surface area contributed by atoms with E-state index >= 15 is 0 Å². The number of thiocarbonyl (C=S) groups is 1. The van der Waals surface area contributed by atoms with Crippen molar-refractivity contribution >= 4 is 68.2 Å². The van der Waals surface area contributed by atoms with E-state index in [-0.39, 0.29) is 18.2 Å². The second-order valence-electron chi connectivity index (χ2n) is 9.12. The molecule has 2 fully saturated rings. The van der Waals surface area contributed by atoms with Crippen molar-refractivity contribution in [1.29, 1.82) is 0 Å². The number of thioether (sulfide) groups is 1. The van der Waals surface area contributed by atoms with Crippen LogP contribution < -0.4 is 10.2 Å². The number of hydrogen-bond donors (Lipinski definition) is 1. The molecule has 36 heavy (non-hydrogen) atoms. The van der Waals surface area contributed by atoms with Gasteiger partial charge in [-0.3, -0.25) is 14.5 Å². The van der Waals surface area contributed by atoms with E-state index in [0.29, 0.717) is 17.3 Å². The van der Waals surface area contributed by atoms with Crippen molar-refractivity contribution in [2.45, 2.75) is 23.8 Å². The van der Waals surface area contributed by atoms with Crippen molar-refractivity contribution in [2.24, 2.45) is 0 Å². The zero-order valence-electron chi connectivity index (χ0n) is 20.7.